The summed E-state index contributed by atoms with van der Waals surface area (Å²) in [6, 6.07) is 21.2. The molecule has 4 nitrogen and oxygen atoms in total. The second-order valence-corrected chi connectivity index (χ2v) is 6.02. The smallest absolute Gasteiger partial charge is 0.267 e. The van der Waals surface area contributed by atoms with Crippen molar-refractivity contribution in [1.29, 1.82) is 0 Å². The van der Waals surface area contributed by atoms with Gasteiger partial charge in [0.25, 0.3) is 5.91 Å². The molecule has 0 aromatic heterocycles. The second kappa shape index (κ2) is 7.26. The fraction of sp³-hybridized carbons (Fsp3) is 0.190. The zero-order valence-corrected chi connectivity index (χ0v) is 14.6. The van der Waals surface area contributed by atoms with Gasteiger partial charge in [-0.1, -0.05) is 42.5 Å². The van der Waals surface area contributed by atoms with Gasteiger partial charge in [0.15, 0.2) is 0 Å². The van der Waals surface area contributed by atoms with Crippen LogP contribution in [0.5, 0.6) is 11.5 Å². The summed E-state index contributed by atoms with van der Waals surface area (Å²) in [6.45, 7) is 0. The highest BCUT2D eigenvalue weighted by Gasteiger charge is 2.24. The van der Waals surface area contributed by atoms with Crippen LogP contribution < -0.4 is 9.47 Å². The number of rotatable bonds is 5. The van der Waals surface area contributed by atoms with Gasteiger partial charge in [-0.2, -0.15) is 0 Å². The van der Waals surface area contributed by atoms with E-state index in [1.807, 2.05) is 66.7 Å². The standard InChI is InChI=1S/C21H21NO3/c1-22(2)21(23)20(16-7-5-4-6-8-16)25-19-12-10-15-9-11-18(24-3)13-17(15)14-19/h4-14,20H,1-3H3/t20-/m1/s1. The molecule has 0 aliphatic carbocycles. The van der Waals surface area contributed by atoms with Crippen molar-refractivity contribution in [2.45, 2.75) is 6.10 Å². The van der Waals surface area contributed by atoms with Crippen LogP contribution in [0.15, 0.2) is 66.7 Å². The van der Waals surface area contributed by atoms with Crippen LogP contribution >= 0.6 is 0 Å². The third-order valence-electron chi connectivity index (χ3n) is 4.04. The molecule has 0 N–H and O–H groups in total. The average molecular weight is 335 g/mol. The third-order valence-corrected chi connectivity index (χ3v) is 4.04. The second-order valence-electron chi connectivity index (χ2n) is 6.02. The maximum absolute atomic E-state index is 12.6. The number of hydrogen-bond donors (Lipinski definition) is 0. The van der Waals surface area contributed by atoms with Gasteiger partial charge in [0, 0.05) is 19.7 Å². The number of fused-ring (bicyclic) bond motifs is 1. The first-order chi connectivity index (χ1) is 12.1. The highest BCUT2D eigenvalue weighted by Crippen LogP contribution is 2.28. The zero-order valence-electron chi connectivity index (χ0n) is 14.6. The summed E-state index contributed by atoms with van der Waals surface area (Å²) < 4.78 is 11.4. The minimum Gasteiger partial charge on any atom is -0.497 e. The maximum atomic E-state index is 12.6. The number of amides is 1. The summed E-state index contributed by atoms with van der Waals surface area (Å²) in [5.74, 6) is 1.33. The van der Waals surface area contributed by atoms with E-state index in [1.54, 1.807) is 26.1 Å². The highest BCUT2D eigenvalue weighted by molar-refractivity contribution is 5.86. The van der Waals surface area contributed by atoms with Gasteiger partial charge in [0.1, 0.15) is 11.5 Å². The number of hydrogen-bond acceptors (Lipinski definition) is 3. The van der Waals surface area contributed by atoms with Crippen molar-refractivity contribution in [3.63, 3.8) is 0 Å². The van der Waals surface area contributed by atoms with Crippen LogP contribution in [0, 0.1) is 0 Å². The quantitative estimate of drug-likeness (QED) is 0.706. The van der Waals surface area contributed by atoms with E-state index in [4.69, 9.17) is 9.47 Å². The number of likely N-dealkylation sites (N-methyl/N-ethyl adjacent to an activating group) is 1. The molecule has 128 valence electrons. The van der Waals surface area contributed by atoms with Crippen LogP contribution in [0.3, 0.4) is 0 Å². The molecule has 0 bridgehead atoms. The van der Waals surface area contributed by atoms with Crippen LogP contribution in [0.1, 0.15) is 11.7 Å². The summed E-state index contributed by atoms with van der Waals surface area (Å²) in [5, 5.41) is 2.09. The van der Waals surface area contributed by atoms with Crippen molar-refractivity contribution in [3.8, 4) is 11.5 Å². The predicted octanol–water partition coefficient (Wildman–Crippen LogP) is 4.06. The lowest BCUT2D eigenvalue weighted by Gasteiger charge is -2.22. The summed E-state index contributed by atoms with van der Waals surface area (Å²) in [5.41, 5.74) is 0.826. The molecule has 0 fully saturated rings. The lowest BCUT2D eigenvalue weighted by Crippen LogP contribution is -2.31. The Morgan fingerprint density at radius 1 is 0.880 bits per heavy atom. The molecule has 0 unspecified atom stereocenters. The van der Waals surface area contributed by atoms with Gasteiger partial charge in [0.05, 0.1) is 7.11 Å². The van der Waals surface area contributed by atoms with Gasteiger partial charge >= 0.3 is 0 Å². The van der Waals surface area contributed by atoms with Crippen molar-refractivity contribution in [2.75, 3.05) is 21.2 Å². The molecule has 0 saturated heterocycles. The monoisotopic (exact) mass is 335 g/mol. The lowest BCUT2D eigenvalue weighted by atomic mass is 10.1. The molecular weight excluding hydrogens is 314 g/mol. The zero-order chi connectivity index (χ0) is 17.8. The van der Waals surface area contributed by atoms with Crippen molar-refractivity contribution < 1.29 is 14.3 Å². The van der Waals surface area contributed by atoms with Gasteiger partial charge in [-0.05, 0) is 35.0 Å². The Morgan fingerprint density at radius 3 is 2.16 bits per heavy atom. The highest BCUT2D eigenvalue weighted by atomic mass is 16.5. The van der Waals surface area contributed by atoms with E-state index >= 15 is 0 Å². The Morgan fingerprint density at radius 2 is 1.52 bits per heavy atom. The van der Waals surface area contributed by atoms with Gasteiger partial charge in [-0.3, -0.25) is 4.79 Å². The van der Waals surface area contributed by atoms with Crippen LogP contribution in [0.25, 0.3) is 10.8 Å². The van der Waals surface area contributed by atoms with Crippen LogP contribution in [0.4, 0.5) is 0 Å². The van der Waals surface area contributed by atoms with Crippen LogP contribution in [-0.2, 0) is 4.79 Å². The van der Waals surface area contributed by atoms with Crippen LogP contribution in [-0.4, -0.2) is 32.0 Å². The summed E-state index contributed by atoms with van der Waals surface area (Å²) in [7, 11) is 5.10. The van der Waals surface area contributed by atoms with E-state index in [1.165, 1.54) is 0 Å². The fourth-order valence-corrected chi connectivity index (χ4v) is 2.66. The largest absolute Gasteiger partial charge is 0.497 e. The topological polar surface area (TPSA) is 38.8 Å². The predicted molar refractivity (Wildman–Crippen MR) is 99.0 cm³/mol. The molecule has 3 aromatic rings. The minimum absolute atomic E-state index is 0.100. The first-order valence-electron chi connectivity index (χ1n) is 8.09. The van der Waals surface area contributed by atoms with E-state index in [9.17, 15) is 4.79 Å². The van der Waals surface area contributed by atoms with Gasteiger partial charge in [-0.25, -0.2) is 0 Å². The molecule has 25 heavy (non-hydrogen) atoms. The molecule has 0 radical (unpaired) electrons. The Kier molecular flexibility index (Phi) is 4.89. The fourth-order valence-electron chi connectivity index (χ4n) is 2.66. The molecule has 0 aliphatic heterocycles. The molecular formula is C21H21NO3. The Balaban J connectivity index is 1.96. The summed E-state index contributed by atoms with van der Waals surface area (Å²) in [4.78, 5) is 14.1. The molecule has 4 heteroatoms. The van der Waals surface area contributed by atoms with Crippen molar-refractivity contribution >= 4 is 16.7 Å². The molecule has 0 saturated carbocycles. The number of carbonyl (C=O) groups is 1. The van der Waals surface area contributed by atoms with Gasteiger partial charge in [0.2, 0.25) is 6.10 Å². The molecule has 0 heterocycles. The van der Waals surface area contributed by atoms with Crippen molar-refractivity contribution in [1.82, 2.24) is 4.90 Å². The third kappa shape index (κ3) is 3.74. The van der Waals surface area contributed by atoms with E-state index in [0.717, 1.165) is 22.1 Å². The maximum Gasteiger partial charge on any atom is 0.267 e. The SMILES string of the molecule is COc1ccc2ccc(O[C@@H](C(=O)N(C)C)c3ccccc3)cc2c1. The molecule has 3 rings (SSSR count). The molecule has 1 atom stereocenters. The normalized spacial score (nSPS) is 11.8. The Labute approximate surface area is 147 Å². The summed E-state index contributed by atoms with van der Waals surface area (Å²) in [6.07, 6.45) is -0.681. The number of nitrogens with zero attached hydrogens (tertiary/aromatic N) is 1. The Hall–Kier alpha value is -3.01. The van der Waals surface area contributed by atoms with E-state index in [2.05, 4.69) is 0 Å². The average Bonchev–Trinajstić information content (AvgIpc) is 2.65. The number of methoxy groups -OCH3 is 1. The molecule has 3 aromatic carbocycles. The van der Waals surface area contributed by atoms with E-state index in [-0.39, 0.29) is 5.91 Å². The first-order valence-corrected chi connectivity index (χ1v) is 8.09. The number of benzene rings is 3. The van der Waals surface area contributed by atoms with E-state index in [0.29, 0.717) is 5.75 Å². The first kappa shape index (κ1) is 16.8. The minimum atomic E-state index is -0.681. The summed E-state index contributed by atoms with van der Waals surface area (Å²) >= 11 is 0. The molecule has 0 spiro atoms. The lowest BCUT2D eigenvalue weighted by molar-refractivity contribution is -0.136. The van der Waals surface area contributed by atoms with Crippen LogP contribution in [0.2, 0.25) is 0 Å². The van der Waals surface area contributed by atoms with Gasteiger partial charge in [-0.15, -0.1) is 0 Å². The number of carbonyl (C=O) groups excluding carboxylic acids is 1. The van der Waals surface area contributed by atoms with E-state index < -0.39 is 6.10 Å². The Bertz CT molecular complexity index is 875. The molecule has 0 aliphatic rings. The van der Waals surface area contributed by atoms with Gasteiger partial charge < -0.3 is 14.4 Å². The van der Waals surface area contributed by atoms with Crippen molar-refractivity contribution in [2.24, 2.45) is 0 Å². The molecule has 1 amide bonds. The number of ether oxygens (including phenoxy) is 2. The van der Waals surface area contributed by atoms with Crippen molar-refractivity contribution in [3.05, 3.63) is 72.3 Å².